The van der Waals surface area contributed by atoms with E-state index in [9.17, 15) is 4.39 Å². The molecule has 2 nitrogen and oxygen atoms in total. The monoisotopic (exact) mass is 303 g/mol. The van der Waals surface area contributed by atoms with Gasteiger partial charge in [-0.2, -0.15) is 0 Å². The van der Waals surface area contributed by atoms with Crippen molar-refractivity contribution in [3.05, 3.63) is 57.7 Å². The maximum absolute atomic E-state index is 13.8. The van der Waals surface area contributed by atoms with Gasteiger partial charge in [0.15, 0.2) is 11.4 Å². The Kier molecular flexibility index (Phi) is 4.08. The van der Waals surface area contributed by atoms with Gasteiger partial charge in [0.05, 0.1) is 0 Å². The van der Waals surface area contributed by atoms with Crippen LogP contribution in [0.1, 0.15) is 36.1 Å². The maximum atomic E-state index is 13.8. The molecule has 21 heavy (non-hydrogen) atoms. The Hall–Kier alpha value is -1.65. The van der Waals surface area contributed by atoms with E-state index in [1.165, 1.54) is 16.5 Å². The molecule has 0 aliphatic carbocycles. The zero-order chi connectivity index (χ0) is 14.8. The van der Waals surface area contributed by atoms with Gasteiger partial charge in [-0.25, -0.2) is 4.39 Å². The van der Waals surface area contributed by atoms with Crippen molar-refractivity contribution < 1.29 is 8.81 Å². The minimum absolute atomic E-state index is 0.0169. The molecule has 0 amide bonds. The average Bonchev–Trinajstić information content (AvgIpc) is 3.11. The molecule has 0 radical (unpaired) electrons. The van der Waals surface area contributed by atoms with Crippen molar-refractivity contribution in [3.8, 4) is 0 Å². The number of halogens is 1. The Morgan fingerprint density at radius 3 is 2.86 bits per heavy atom. The minimum Gasteiger partial charge on any atom is -0.456 e. The Morgan fingerprint density at radius 1 is 1.29 bits per heavy atom. The lowest BCUT2D eigenvalue weighted by Crippen LogP contribution is -2.21. The van der Waals surface area contributed by atoms with Crippen LogP contribution in [0.2, 0.25) is 0 Å². The number of furan rings is 1. The second-order valence-corrected chi connectivity index (χ2v) is 5.91. The van der Waals surface area contributed by atoms with Gasteiger partial charge in [0.2, 0.25) is 0 Å². The topological polar surface area (TPSA) is 25.2 Å². The van der Waals surface area contributed by atoms with Gasteiger partial charge in [-0.3, -0.25) is 0 Å². The van der Waals surface area contributed by atoms with Crippen LogP contribution in [0.3, 0.4) is 0 Å². The van der Waals surface area contributed by atoms with Crippen LogP contribution in [0.15, 0.2) is 40.1 Å². The SMILES string of the molecule is CCNC(c1cc2cccc(F)c2o1)c1sccc1CC. The first-order valence-corrected chi connectivity index (χ1v) is 8.10. The number of benzene rings is 1. The highest BCUT2D eigenvalue weighted by atomic mass is 32.1. The molecule has 0 saturated heterocycles. The number of hydrogen-bond acceptors (Lipinski definition) is 3. The summed E-state index contributed by atoms with van der Waals surface area (Å²) >= 11 is 1.71. The average molecular weight is 303 g/mol. The largest absolute Gasteiger partial charge is 0.456 e. The first-order valence-electron chi connectivity index (χ1n) is 7.22. The van der Waals surface area contributed by atoms with Crippen molar-refractivity contribution in [3.63, 3.8) is 0 Å². The lowest BCUT2D eigenvalue weighted by molar-refractivity contribution is 0.467. The summed E-state index contributed by atoms with van der Waals surface area (Å²) < 4.78 is 19.6. The summed E-state index contributed by atoms with van der Waals surface area (Å²) in [6.45, 7) is 5.04. The standard InChI is InChI=1S/C17H18FNOS/c1-3-11-8-9-21-17(11)15(19-4-2)14-10-12-6-5-7-13(18)16(12)20-14/h5-10,15,19H,3-4H2,1-2H3. The molecule has 1 aromatic carbocycles. The van der Waals surface area contributed by atoms with E-state index in [-0.39, 0.29) is 11.9 Å². The zero-order valence-corrected chi connectivity index (χ0v) is 13.0. The summed E-state index contributed by atoms with van der Waals surface area (Å²) in [4.78, 5) is 1.25. The number of rotatable bonds is 5. The Morgan fingerprint density at radius 2 is 2.14 bits per heavy atom. The second-order valence-electron chi connectivity index (χ2n) is 4.96. The fourth-order valence-corrected chi connectivity index (χ4v) is 3.69. The van der Waals surface area contributed by atoms with Crippen molar-refractivity contribution >= 4 is 22.3 Å². The van der Waals surface area contributed by atoms with Gasteiger partial charge in [0.1, 0.15) is 11.8 Å². The predicted octanol–water partition coefficient (Wildman–Crippen LogP) is 4.89. The van der Waals surface area contributed by atoms with Crippen LogP contribution >= 0.6 is 11.3 Å². The normalized spacial score (nSPS) is 12.9. The summed E-state index contributed by atoms with van der Waals surface area (Å²) in [5.41, 5.74) is 1.65. The molecule has 110 valence electrons. The second kappa shape index (κ2) is 6.00. The Labute approximate surface area is 127 Å². The number of nitrogens with one attached hydrogen (secondary N) is 1. The highest BCUT2D eigenvalue weighted by molar-refractivity contribution is 7.10. The summed E-state index contributed by atoms with van der Waals surface area (Å²) in [5, 5.41) is 6.36. The van der Waals surface area contributed by atoms with E-state index in [1.54, 1.807) is 17.4 Å². The third-order valence-electron chi connectivity index (χ3n) is 3.63. The molecule has 1 unspecified atom stereocenters. The van der Waals surface area contributed by atoms with Crippen molar-refractivity contribution in [2.45, 2.75) is 26.3 Å². The molecule has 4 heteroatoms. The fraction of sp³-hybridized carbons (Fsp3) is 0.294. The maximum Gasteiger partial charge on any atom is 0.169 e. The van der Waals surface area contributed by atoms with E-state index in [1.807, 2.05) is 12.1 Å². The number of para-hydroxylation sites is 1. The highest BCUT2D eigenvalue weighted by Crippen LogP contribution is 2.34. The molecule has 0 fully saturated rings. The number of hydrogen-bond donors (Lipinski definition) is 1. The first kappa shape index (κ1) is 14.3. The molecule has 3 aromatic rings. The Bertz CT molecular complexity index is 746. The van der Waals surface area contributed by atoms with Crippen LogP contribution in [-0.2, 0) is 6.42 Å². The molecule has 2 heterocycles. The summed E-state index contributed by atoms with van der Waals surface area (Å²) in [6.07, 6.45) is 0.981. The van der Waals surface area contributed by atoms with Crippen molar-refractivity contribution in [1.82, 2.24) is 5.32 Å². The lowest BCUT2D eigenvalue weighted by atomic mass is 10.1. The van der Waals surface area contributed by atoms with Gasteiger partial charge in [-0.1, -0.05) is 26.0 Å². The van der Waals surface area contributed by atoms with Gasteiger partial charge in [-0.15, -0.1) is 11.3 Å². The summed E-state index contributed by atoms with van der Waals surface area (Å²) in [6, 6.07) is 9.08. The molecular formula is C17H18FNOS. The molecular weight excluding hydrogens is 285 g/mol. The number of aryl methyl sites for hydroxylation is 1. The van der Waals surface area contributed by atoms with Gasteiger partial charge >= 0.3 is 0 Å². The zero-order valence-electron chi connectivity index (χ0n) is 12.2. The van der Waals surface area contributed by atoms with E-state index in [4.69, 9.17) is 4.42 Å². The van der Waals surface area contributed by atoms with Gasteiger partial charge in [0.25, 0.3) is 0 Å². The third-order valence-corrected chi connectivity index (χ3v) is 4.66. The van der Waals surface area contributed by atoms with Crippen molar-refractivity contribution in [2.75, 3.05) is 6.54 Å². The van der Waals surface area contributed by atoms with E-state index in [0.717, 1.165) is 24.1 Å². The predicted molar refractivity (Wildman–Crippen MR) is 85.4 cm³/mol. The van der Waals surface area contributed by atoms with Crippen LogP contribution in [0.5, 0.6) is 0 Å². The van der Waals surface area contributed by atoms with E-state index >= 15 is 0 Å². The smallest absolute Gasteiger partial charge is 0.169 e. The van der Waals surface area contributed by atoms with Crippen molar-refractivity contribution in [1.29, 1.82) is 0 Å². The van der Waals surface area contributed by atoms with Crippen LogP contribution in [-0.4, -0.2) is 6.54 Å². The quantitative estimate of drug-likeness (QED) is 0.725. The molecule has 0 aliphatic heterocycles. The van der Waals surface area contributed by atoms with Gasteiger partial charge < -0.3 is 9.73 Å². The molecule has 0 saturated carbocycles. The molecule has 2 aromatic heterocycles. The molecule has 0 aliphatic rings. The highest BCUT2D eigenvalue weighted by Gasteiger charge is 2.22. The summed E-state index contributed by atoms with van der Waals surface area (Å²) in [5.74, 6) is 0.463. The lowest BCUT2D eigenvalue weighted by Gasteiger charge is -2.15. The minimum atomic E-state index is -0.309. The number of thiophene rings is 1. The van der Waals surface area contributed by atoms with Crippen LogP contribution in [0.4, 0.5) is 4.39 Å². The van der Waals surface area contributed by atoms with Gasteiger partial charge in [-0.05, 0) is 42.1 Å². The van der Waals surface area contributed by atoms with Crippen LogP contribution in [0.25, 0.3) is 11.0 Å². The fourth-order valence-electron chi connectivity index (χ4n) is 2.61. The molecule has 3 rings (SSSR count). The van der Waals surface area contributed by atoms with E-state index in [2.05, 4.69) is 30.6 Å². The third kappa shape index (κ3) is 2.61. The molecule has 0 spiro atoms. The van der Waals surface area contributed by atoms with Gasteiger partial charge in [0, 0.05) is 10.3 Å². The first-order chi connectivity index (χ1) is 10.2. The number of fused-ring (bicyclic) bond motifs is 1. The molecule has 1 atom stereocenters. The molecule has 1 N–H and O–H groups in total. The summed E-state index contributed by atoms with van der Waals surface area (Å²) in [7, 11) is 0. The van der Waals surface area contributed by atoms with Crippen LogP contribution < -0.4 is 5.32 Å². The van der Waals surface area contributed by atoms with E-state index in [0.29, 0.717) is 5.58 Å². The van der Waals surface area contributed by atoms with Crippen LogP contribution in [0, 0.1) is 5.82 Å². The Balaban J connectivity index is 2.09. The van der Waals surface area contributed by atoms with Crippen molar-refractivity contribution in [2.24, 2.45) is 0 Å². The molecule has 0 bridgehead atoms. The van der Waals surface area contributed by atoms with E-state index < -0.39 is 0 Å².